The quantitative estimate of drug-likeness (QED) is 0.275. The Labute approximate surface area is 230 Å². The number of hydrogen-bond acceptors (Lipinski definition) is 6. The SMILES string of the molecule is C=C/C(=N\C(Nc1ccc2c(c1)CCN(C)C2)=C(/C)C(N)=O)N1CCCC(N(C)CCN(C)C=C)C1.CC. The van der Waals surface area contributed by atoms with Gasteiger partial charge in [0.25, 0.3) is 0 Å². The zero-order valence-electron chi connectivity index (χ0n) is 24.5. The fourth-order valence-corrected chi connectivity index (χ4v) is 4.70. The molecule has 0 bridgehead atoms. The molecule has 2 heterocycles. The lowest BCUT2D eigenvalue weighted by Gasteiger charge is -2.39. The molecule has 1 amide bonds. The summed E-state index contributed by atoms with van der Waals surface area (Å²) in [5.41, 5.74) is 9.64. The number of fused-ring (bicyclic) bond motifs is 1. The van der Waals surface area contributed by atoms with Crippen molar-refractivity contribution in [2.75, 3.05) is 59.2 Å². The molecule has 210 valence electrons. The summed E-state index contributed by atoms with van der Waals surface area (Å²) in [5.74, 6) is 0.721. The molecule has 1 aromatic carbocycles. The zero-order valence-corrected chi connectivity index (χ0v) is 24.5. The van der Waals surface area contributed by atoms with Gasteiger partial charge in [-0.3, -0.25) is 9.69 Å². The number of hydrogen-bond donors (Lipinski definition) is 2. The molecular weight excluding hydrogens is 474 g/mol. The third-order valence-electron chi connectivity index (χ3n) is 7.27. The van der Waals surface area contributed by atoms with Crippen LogP contribution in [-0.4, -0.2) is 91.3 Å². The predicted molar refractivity (Wildman–Crippen MR) is 161 cm³/mol. The maximum Gasteiger partial charge on any atom is 0.248 e. The highest BCUT2D eigenvalue weighted by Gasteiger charge is 2.25. The summed E-state index contributed by atoms with van der Waals surface area (Å²) in [6.45, 7) is 19.2. The number of nitrogens with zero attached hydrogens (tertiary/aromatic N) is 5. The topological polar surface area (TPSA) is 80.4 Å². The summed E-state index contributed by atoms with van der Waals surface area (Å²) in [5, 5.41) is 3.38. The zero-order chi connectivity index (χ0) is 28.2. The van der Waals surface area contributed by atoms with Crippen molar-refractivity contribution in [3.05, 3.63) is 66.2 Å². The Balaban J connectivity index is 0.00000247. The summed E-state index contributed by atoms with van der Waals surface area (Å²) in [4.78, 5) is 26.1. The maximum absolute atomic E-state index is 12.1. The van der Waals surface area contributed by atoms with E-state index in [0.717, 1.165) is 70.1 Å². The number of carbonyl (C=O) groups is 1. The molecular formula is C30H49N7O. The number of amidine groups is 1. The van der Waals surface area contributed by atoms with E-state index in [0.29, 0.717) is 17.4 Å². The second-order valence-corrected chi connectivity index (χ2v) is 9.99. The first-order chi connectivity index (χ1) is 18.2. The monoisotopic (exact) mass is 523 g/mol. The number of carbonyl (C=O) groups excluding carboxylic acids is 1. The Hall–Kier alpha value is -3.10. The van der Waals surface area contributed by atoms with E-state index in [1.165, 1.54) is 11.1 Å². The highest BCUT2D eigenvalue weighted by Crippen LogP contribution is 2.24. The van der Waals surface area contributed by atoms with Gasteiger partial charge in [-0.15, -0.1) is 0 Å². The lowest BCUT2D eigenvalue weighted by Crippen LogP contribution is -2.49. The third-order valence-corrected chi connectivity index (χ3v) is 7.27. The fraction of sp³-hybridized carbons (Fsp3) is 0.533. The van der Waals surface area contributed by atoms with E-state index < -0.39 is 5.91 Å². The molecule has 0 radical (unpaired) electrons. The first-order valence-electron chi connectivity index (χ1n) is 13.8. The largest absolute Gasteiger partial charge is 0.380 e. The van der Waals surface area contributed by atoms with E-state index in [1.54, 1.807) is 13.0 Å². The molecule has 1 saturated heterocycles. The van der Waals surface area contributed by atoms with Crippen LogP contribution in [0.2, 0.25) is 0 Å². The summed E-state index contributed by atoms with van der Waals surface area (Å²) in [6.07, 6.45) is 6.83. The molecule has 3 N–H and O–H groups in total. The summed E-state index contributed by atoms with van der Waals surface area (Å²) < 4.78 is 0. The van der Waals surface area contributed by atoms with Crippen LogP contribution in [0.5, 0.6) is 0 Å². The van der Waals surface area contributed by atoms with E-state index in [1.807, 2.05) is 33.2 Å². The van der Waals surface area contributed by atoms with Gasteiger partial charge in [-0.05, 0) is 75.8 Å². The molecule has 38 heavy (non-hydrogen) atoms. The number of benzene rings is 1. The number of amides is 1. The molecule has 2 aliphatic rings. The molecule has 8 heteroatoms. The number of aliphatic imine (C=N–C) groups is 1. The van der Waals surface area contributed by atoms with Crippen molar-refractivity contribution in [3.8, 4) is 0 Å². The van der Waals surface area contributed by atoms with Crippen LogP contribution < -0.4 is 11.1 Å². The summed E-state index contributed by atoms with van der Waals surface area (Å²) in [7, 11) is 6.35. The number of rotatable bonds is 10. The molecule has 0 spiro atoms. The van der Waals surface area contributed by atoms with Crippen molar-refractivity contribution in [3.63, 3.8) is 0 Å². The van der Waals surface area contributed by atoms with Crippen LogP contribution in [0, 0.1) is 0 Å². The van der Waals surface area contributed by atoms with Gasteiger partial charge in [-0.2, -0.15) is 0 Å². The second-order valence-electron chi connectivity index (χ2n) is 9.99. The van der Waals surface area contributed by atoms with Crippen molar-refractivity contribution in [1.29, 1.82) is 0 Å². The molecule has 3 rings (SSSR count). The smallest absolute Gasteiger partial charge is 0.248 e. The normalized spacial score (nSPS) is 18.6. The first kappa shape index (κ1) is 31.1. The fourth-order valence-electron chi connectivity index (χ4n) is 4.70. The van der Waals surface area contributed by atoms with Gasteiger partial charge in [0.1, 0.15) is 11.7 Å². The summed E-state index contributed by atoms with van der Waals surface area (Å²) in [6, 6.07) is 6.77. The van der Waals surface area contributed by atoms with Crippen molar-refractivity contribution in [1.82, 2.24) is 19.6 Å². The molecule has 2 aliphatic heterocycles. The first-order valence-corrected chi connectivity index (χ1v) is 13.8. The molecule has 8 nitrogen and oxygen atoms in total. The van der Waals surface area contributed by atoms with Gasteiger partial charge in [-0.25, -0.2) is 4.99 Å². The Bertz CT molecular complexity index is 1020. The second kappa shape index (κ2) is 15.3. The van der Waals surface area contributed by atoms with Crippen molar-refractivity contribution in [2.45, 2.75) is 52.6 Å². The Morgan fingerprint density at radius 1 is 1.21 bits per heavy atom. The van der Waals surface area contributed by atoms with E-state index in [-0.39, 0.29) is 0 Å². The molecule has 0 aromatic heterocycles. The molecule has 0 saturated carbocycles. The van der Waals surface area contributed by atoms with Crippen LogP contribution in [0.15, 0.2) is 60.0 Å². The van der Waals surface area contributed by atoms with Gasteiger partial charge < -0.3 is 25.8 Å². The number of primary amides is 1. The van der Waals surface area contributed by atoms with Crippen molar-refractivity contribution in [2.24, 2.45) is 10.7 Å². The van der Waals surface area contributed by atoms with Gasteiger partial charge in [0.15, 0.2) is 0 Å². The van der Waals surface area contributed by atoms with E-state index in [2.05, 4.69) is 64.3 Å². The molecule has 1 unspecified atom stereocenters. The molecule has 1 aromatic rings. The van der Waals surface area contributed by atoms with Gasteiger partial charge in [0.05, 0.1) is 5.57 Å². The minimum absolute atomic E-state index is 0.393. The number of piperidine rings is 1. The van der Waals surface area contributed by atoms with Gasteiger partial charge in [0.2, 0.25) is 5.91 Å². The van der Waals surface area contributed by atoms with Crippen molar-refractivity contribution >= 4 is 17.4 Å². The standard InChI is InChI=1S/C28H43N7O.C2H6/c1-7-26(35-14-9-10-25(20-35)34(6)17-16-32(4)8-2)31-28(21(3)27(29)36)30-24-12-11-23-19-33(5)15-13-22(23)18-24;1-2/h7-8,11-12,18,25,30H,1-2,9-10,13-17,19-20H2,3-6H3,(H2,29,36);1-2H3/b28-21+,31-26+;. The Morgan fingerprint density at radius 2 is 1.95 bits per heavy atom. The van der Waals surface area contributed by atoms with Gasteiger partial charge in [-0.1, -0.05) is 33.1 Å². The Morgan fingerprint density at radius 3 is 2.61 bits per heavy atom. The predicted octanol–water partition coefficient (Wildman–Crippen LogP) is 3.89. The average Bonchev–Trinajstić information content (AvgIpc) is 2.94. The summed E-state index contributed by atoms with van der Waals surface area (Å²) >= 11 is 0. The van der Waals surface area contributed by atoms with Crippen LogP contribution in [0.4, 0.5) is 5.69 Å². The minimum atomic E-state index is -0.494. The van der Waals surface area contributed by atoms with Crippen LogP contribution >= 0.6 is 0 Å². The van der Waals surface area contributed by atoms with Crippen molar-refractivity contribution < 1.29 is 4.79 Å². The average molecular weight is 524 g/mol. The number of nitrogens with one attached hydrogen (secondary N) is 1. The lowest BCUT2D eigenvalue weighted by atomic mass is 9.99. The van der Waals surface area contributed by atoms with Crippen LogP contribution in [0.1, 0.15) is 44.7 Å². The third kappa shape index (κ3) is 8.74. The lowest BCUT2D eigenvalue weighted by molar-refractivity contribution is -0.114. The van der Waals surface area contributed by atoms with Crippen LogP contribution in [0.25, 0.3) is 0 Å². The minimum Gasteiger partial charge on any atom is -0.380 e. The van der Waals surface area contributed by atoms with E-state index in [9.17, 15) is 4.79 Å². The number of likely N-dealkylation sites (tertiary alicyclic amines) is 1. The Kier molecular flexibility index (Phi) is 12.6. The molecule has 1 atom stereocenters. The highest BCUT2D eigenvalue weighted by atomic mass is 16.1. The number of nitrogens with two attached hydrogens (primary N) is 1. The van der Waals surface area contributed by atoms with Gasteiger partial charge in [0, 0.05) is 58.0 Å². The maximum atomic E-state index is 12.1. The van der Waals surface area contributed by atoms with Crippen LogP contribution in [-0.2, 0) is 17.8 Å². The van der Waals surface area contributed by atoms with E-state index >= 15 is 0 Å². The molecule has 0 aliphatic carbocycles. The number of likely N-dealkylation sites (N-methyl/N-ethyl adjacent to an activating group) is 3. The van der Waals surface area contributed by atoms with E-state index in [4.69, 9.17) is 10.7 Å². The van der Waals surface area contributed by atoms with Gasteiger partial charge >= 0.3 is 0 Å². The molecule has 1 fully saturated rings. The van der Waals surface area contributed by atoms with Crippen LogP contribution in [0.3, 0.4) is 0 Å². The number of anilines is 1. The highest BCUT2D eigenvalue weighted by molar-refractivity contribution is 5.96.